The SMILES string of the molecule is C[C@@H](C(=O)OCC(=O)Nc1ccc(F)c(Cl)c1)N1C(=O)[C@H]2CC=CC[C@H]2C1=O. The van der Waals surface area contributed by atoms with Gasteiger partial charge in [-0.25, -0.2) is 9.18 Å². The topological polar surface area (TPSA) is 92.8 Å². The van der Waals surface area contributed by atoms with Gasteiger partial charge in [0, 0.05) is 5.69 Å². The maximum Gasteiger partial charge on any atom is 0.329 e. The summed E-state index contributed by atoms with van der Waals surface area (Å²) >= 11 is 5.63. The van der Waals surface area contributed by atoms with E-state index in [2.05, 4.69) is 5.32 Å². The van der Waals surface area contributed by atoms with Gasteiger partial charge in [0.1, 0.15) is 11.9 Å². The number of ether oxygens (including phenoxy) is 1. The lowest BCUT2D eigenvalue weighted by atomic mass is 9.85. The molecule has 1 aromatic carbocycles. The van der Waals surface area contributed by atoms with Crippen LogP contribution < -0.4 is 5.32 Å². The minimum absolute atomic E-state index is 0.162. The number of nitrogens with zero attached hydrogens (tertiary/aromatic N) is 1. The smallest absolute Gasteiger partial charge is 0.329 e. The highest BCUT2D eigenvalue weighted by molar-refractivity contribution is 6.31. The van der Waals surface area contributed by atoms with Crippen LogP contribution in [0.3, 0.4) is 0 Å². The van der Waals surface area contributed by atoms with Crippen molar-refractivity contribution in [2.45, 2.75) is 25.8 Å². The van der Waals surface area contributed by atoms with Crippen molar-refractivity contribution in [2.75, 3.05) is 11.9 Å². The van der Waals surface area contributed by atoms with Gasteiger partial charge in [-0.15, -0.1) is 0 Å². The number of carbonyl (C=O) groups is 4. The van der Waals surface area contributed by atoms with E-state index in [1.54, 1.807) is 0 Å². The number of esters is 1. The van der Waals surface area contributed by atoms with E-state index in [1.165, 1.54) is 19.1 Å². The highest BCUT2D eigenvalue weighted by Gasteiger charge is 2.50. The lowest BCUT2D eigenvalue weighted by Crippen LogP contribution is -2.45. The number of allylic oxidation sites excluding steroid dienone is 2. The Morgan fingerprint density at radius 1 is 1.25 bits per heavy atom. The average Bonchev–Trinajstić information content (AvgIpc) is 2.93. The predicted molar refractivity (Wildman–Crippen MR) is 97.7 cm³/mol. The Bertz CT molecular complexity index is 846. The zero-order valence-electron chi connectivity index (χ0n) is 15.0. The molecule has 7 nitrogen and oxygen atoms in total. The van der Waals surface area contributed by atoms with Gasteiger partial charge in [0.2, 0.25) is 11.8 Å². The quantitative estimate of drug-likeness (QED) is 0.458. The number of benzene rings is 1. The molecule has 1 saturated heterocycles. The summed E-state index contributed by atoms with van der Waals surface area (Å²) in [6.07, 6.45) is 4.64. The second-order valence-corrected chi connectivity index (χ2v) is 7.07. The molecule has 0 bridgehead atoms. The fourth-order valence-corrected chi connectivity index (χ4v) is 3.52. The van der Waals surface area contributed by atoms with Crippen molar-refractivity contribution in [3.63, 3.8) is 0 Å². The standard InChI is InChI=1S/C19H18ClFN2O5/c1-10(23-17(25)12-4-2-3-5-13(12)18(23)26)19(27)28-9-16(24)22-11-6-7-15(21)14(20)8-11/h2-3,6-8,10,12-13H,4-5,9H2,1H3,(H,22,24)/t10-,12-,13+/m0/s1. The van der Waals surface area contributed by atoms with Gasteiger partial charge in [-0.3, -0.25) is 19.3 Å². The third kappa shape index (κ3) is 3.91. The Kier molecular flexibility index (Phi) is 5.79. The molecule has 148 valence electrons. The summed E-state index contributed by atoms with van der Waals surface area (Å²) in [5.41, 5.74) is 0.238. The van der Waals surface area contributed by atoms with Crippen LogP contribution in [-0.4, -0.2) is 41.2 Å². The van der Waals surface area contributed by atoms with Crippen LogP contribution in [0.1, 0.15) is 19.8 Å². The summed E-state index contributed by atoms with van der Waals surface area (Å²) in [5.74, 6) is -3.83. The molecule has 1 fully saturated rings. The van der Waals surface area contributed by atoms with Gasteiger partial charge in [0.25, 0.3) is 5.91 Å². The van der Waals surface area contributed by atoms with Crippen LogP contribution in [0.2, 0.25) is 5.02 Å². The maximum atomic E-state index is 13.1. The van der Waals surface area contributed by atoms with Crippen molar-refractivity contribution in [1.29, 1.82) is 0 Å². The Balaban J connectivity index is 1.55. The molecule has 0 radical (unpaired) electrons. The number of likely N-dealkylation sites (tertiary alicyclic amines) is 1. The Morgan fingerprint density at radius 3 is 2.43 bits per heavy atom. The molecule has 0 saturated carbocycles. The van der Waals surface area contributed by atoms with Crippen molar-refractivity contribution < 1.29 is 28.3 Å². The Hall–Kier alpha value is -2.74. The van der Waals surface area contributed by atoms with Crippen LogP contribution in [0.4, 0.5) is 10.1 Å². The van der Waals surface area contributed by atoms with Gasteiger partial charge >= 0.3 is 5.97 Å². The lowest BCUT2D eigenvalue weighted by Gasteiger charge is -2.21. The number of hydrogen-bond donors (Lipinski definition) is 1. The molecule has 0 aromatic heterocycles. The van der Waals surface area contributed by atoms with E-state index in [-0.39, 0.29) is 10.7 Å². The molecule has 0 unspecified atom stereocenters. The van der Waals surface area contributed by atoms with Crippen LogP contribution >= 0.6 is 11.6 Å². The van der Waals surface area contributed by atoms with Gasteiger partial charge in [0.05, 0.1) is 16.9 Å². The molecule has 1 aromatic rings. The van der Waals surface area contributed by atoms with Gasteiger partial charge in [0.15, 0.2) is 6.61 Å². The molecular weight excluding hydrogens is 391 g/mol. The van der Waals surface area contributed by atoms with Gasteiger partial charge in [-0.2, -0.15) is 0 Å². The van der Waals surface area contributed by atoms with E-state index in [1.807, 2.05) is 12.2 Å². The normalized spacial score (nSPS) is 22.0. The molecular formula is C19H18ClFN2O5. The van der Waals surface area contributed by atoms with Crippen molar-refractivity contribution >= 4 is 41.0 Å². The summed E-state index contributed by atoms with van der Waals surface area (Å²) in [5, 5.41) is 2.25. The van der Waals surface area contributed by atoms with Crippen molar-refractivity contribution in [3.05, 3.63) is 41.2 Å². The second-order valence-electron chi connectivity index (χ2n) is 6.66. The second kappa shape index (κ2) is 8.10. The van der Waals surface area contributed by atoms with E-state index >= 15 is 0 Å². The molecule has 1 aliphatic carbocycles. The summed E-state index contributed by atoms with van der Waals surface area (Å²) in [7, 11) is 0. The molecule has 1 heterocycles. The molecule has 2 aliphatic rings. The molecule has 3 amide bonds. The zero-order chi connectivity index (χ0) is 20.4. The number of imide groups is 1. The summed E-state index contributed by atoms with van der Waals surface area (Å²) in [4.78, 5) is 50.0. The first kappa shape index (κ1) is 20.0. The predicted octanol–water partition coefficient (Wildman–Crippen LogP) is 2.30. The molecule has 1 aliphatic heterocycles. The van der Waals surface area contributed by atoms with Crippen molar-refractivity contribution in [1.82, 2.24) is 4.90 Å². The zero-order valence-corrected chi connectivity index (χ0v) is 15.7. The average molecular weight is 409 g/mol. The third-order valence-corrected chi connectivity index (χ3v) is 5.11. The highest BCUT2D eigenvalue weighted by atomic mass is 35.5. The highest BCUT2D eigenvalue weighted by Crippen LogP contribution is 2.36. The molecule has 3 rings (SSSR count). The number of nitrogens with one attached hydrogen (secondary N) is 1. The number of halogens is 2. The summed E-state index contributed by atoms with van der Waals surface area (Å²) < 4.78 is 18.1. The van der Waals surface area contributed by atoms with Crippen molar-refractivity contribution in [2.24, 2.45) is 11.8 Å². The monoisotopic (exact) mass is 408 g/mol. The van der Waals surface area contributed by atoms with E-state index < -0.39 is 54.0 Å². The number of amides is 3. The van der Waals surface area contributed by atoms with Crippen LogP contribution in [-0.2, 0) is 23.9 Å². The van der Waals surface area contributed by atoms with Gasteiger partial charge in [-0.05, 0) is 38.0 Å². The van der Waals surface area contributed by atoms with Crippen LogP contribution in [0.15, 0.2) is 30.4 Å². The minimum atomic E-state index is -1.13. The first-order chi connectivity index (χ1) is 13.3. The molecule has 28 heavy (non-hydrogen) atoms. The number of hydrogen-bond acceptors (Lipinski definition) is 5. The third-order valence-electron chi connectivity index (χ3n) is 4.82. The van der Waals surface area contributed by atoms with Gasteiger partial charge < -0.3 is 10.1 Å². The number of carbonyl (C=O) groups excluding carboxylic acids is 4. The molecule has 9 heteroatoms. The Morgan fingerprint density at radius 2 is 1.86 bits per heavy atom. The molecule has 1 N–H and O–H groups in total. The van der Waals surface area contributed by atoms with Gasteiger partial charge in [-0.1, -0.05) is 23.8 Å². The number of fused-ring (bicyclic) bond motifs is 1. The summed E-state index contributed by atoms with van der Waals surface area (Å²) in [6.45, 7) is 0.767. The fourth-order valence-electron chi connectivity index (χ4n) is 3.34. The van der Waals surface area contributed by atoms with E-state index in [0.29, 0.717) is 12.8 Å². The summed E-state index contributed by atoms with van der Waals surface area (Å²) in [6, 6.07) is 2.49. The first-order valence-corrected chi connectivity index (χ1v) is 9.11. The first-order valence-electron chi connectivity index (χ1n) is 8.73. The van der Waals surface area contributed by atoms with Crippen LogP contribution in [0.5, 0.6) is 0 Å². The number of rotatable bonds is 5. The minimum Gasteiger partial charge on any atom is -0.454 e. The molecule has 3 atom stereocenters. The number of anilines is 1. The molecule has 0 spiro atoms. The largest absolute Gasteiger partial charge is 0.454 e. The van der Waals surface area contributed by atoms with E-state index in [0.717, 1.165) is 11.0 Å². The van der Waals surface area contributed by atoms with Crippen molar-refractivity contribution in [3.8, 4) is 0 Å². The van der Waals surface area contributed by atoms with Crippen LogP contribution in [0.25, 0.3) is 0 Å². The fraction of sp³-hybridized carbons (Fsp3) is 0.368. The van der Waals surface area contributed by atoms with Crippen LogP contribution in [0, 0.1) is 17.7 Å². The maximum absolute atomic E-state index is 13.1. The van der Waals surface area contributed by atoms with E-state index in [9.17, 15) is 23.6 Å². The Labute approximate surface area is 165 Å². The lowest BCUT2D eigenvalue weighted by molar-refractivity contribution is -0.159. The van der Waals surface area contributed by atoms with E-state index in [4.69, 9.17) is 16.3 Å².